The van der Waals surface area contributed by atoms with E-state index < -0.39 is 28.5 Å². The Bertz CT molecular complexity index is 1160. The lowest BCUT2D eigenvalue weighted by molar-refractivity contribution is -0.139. The van der Waals surface area contributed by atoms with E-state index in [1.165, 1.54) is 31.3 Å². The van der Waals surface area contributed by atoms with Crippen molar-refractivity contribution in [2.45, 2.75) is 45.8 Å². The van der Waals surface area contributed by atoms with E-state index in [1.807, 2.05) is 13.8 Å². The molecule has 0 bridgehead atoms. The molecule has 198 valence electrons. The fraction of sp³-hybridized carbons (Fsp3) is 0.440. The van der Waals surface area contributed by atoms with Crippen LogP contribution in [0.4, 0.5) is 5.69 Å². The molecule has 2 aromatic rings. The summed E-state index contributed by atoms with van der Waals surface area (Å²) in [6.45, 7) is 5.02. The number of methoxy groups -OCH3 is 2. The van der Waals surface area contributed by atoms with Gasteiger partial charge in [0.25, 0.3) is 0 Å². The number of nitrogens with zero attached hydrogens (tertiary/aromatic N) is 2. The van der Waals surface area contributed by atoms with Gasteiger partial charge in [-0.15, -0.1) is 0 Å². The van der Waals surface area contributed by atoms with Crippen LogP contribution >= 0.6 is 11.6 Å². The standard InChI is InChI=1S/C25H34ClN3O6S/c1-7-17(2)27-25(31)18(3)28(15-19-8-10-20(26)11-9-19)24(30)16-29(36(6,32)33)21-12-13-22(34-4)23(14-21)35-5/h8-14,17-18H,7,15-16H2,1-6H3,(H,27,31)/t17-,18+/m1/s1. The molecule has 36 heavy (non-hydrogen) atoms. The molecule has 0 saturated heterocycles. The Hall–Kier alpha value is -2.98. The number of hydrogen-bond donors (Lipinski definition) is 1. The highest BCUT2D eigenvalue weighted by atomic mass is 35.5. The van der Waals surface area contributed by atoms with Gasteiger partial charge in [-0.3, -0.25) is 13.9 Å². The largest absolute Gasteiger partial charge is 0.493 e. The average Bonchev–Trinajstić information content (AvgIpc) is 2.85. The van der Waals surface area contributed by atoms with E-state index in [-0.39, 0.29) is 24.2 Å². The fourth-order valence-corrected chi connectivity index (χ4v) is 4.40. The number of halogens is 1. The van der Waals surface area contributed by atoms with Crippen molar-refractivity contribution in [1.82, 2.24) is 10.2 Å². The smallest absolute Gasteiger partial charge is 0.244 e. The molecule has 0 fully saturated rings. The number of carbonyl (C=O) groups is 2. The lowest BCUT2D eigenvalue weighted by Gasteiger charge is -2.32. The van der Waals surface area contributed by atoms with Crippen molar-refractivity contribution < 1.29 is 27.5 Å². The zero-order valence-corrected chi connectivity index (χ0v) is 23.0. The first-order chi connectivity index (χ1) is 16.9. The number of ether oxygens (including phenoxy) is 2. The van der Waals surface area contributed by atoms with Crippen molar-refractivity contribution >= 4 is 39.1 Å². The molecule has 0 aliphatic heterocycles. The minimum absolute atomic E-state index is 0.0771. The number of amides is 2. The van der Waals surface area contributed by atoms with Crippen molar-refractivity contribution in [3.05, 3.63) is 53.1 Å². The summed E-state index contributed by atoms with van der Waals surface area (Å²) in [7, 11) is -0.965. The van der Waals surface area contributed by atoms with E-state index in [1.54, 1.807) is 37.3 Å². The molecule has 0 spiro atoms. The SMILES string of the molecule is CC[C@@H](C)NC(=O)[C@H](C)N(Cc1ccc(Cl)cc1)C(=O)CN(c1ccc(OC)c(OC)c1)S(C)(=O)=O. The van der Waals surface area contributed by atoms with Crippen LogP contribution in [-0.4, -0.2) is 64.2 Å². The van der Waals surface area contributed by atoms with Gasteiger partial charge in [0.2, 0.25) is 21.8 Å². The minimum atomic E-state index is -3.87. The first kappa shape index (κ1) is 29.3. The summed E-state index contributed by atoms with van der Waals surface area (Å²) in [6, 6.07) is 10.5. The summed E-state index contributed by atoms with van der Waals surface area (Å²) in [5.41, 5.74) is 0.972. The average molecular weight is 540 g/mol. The quantitative estimate of drug-likeness (QED) is 0.443. The summed E-state index contributed by atoms with van der Waals surface area (Å²) >= 11 is 5.99. The summed E-state index contributed by atoms with van der Waals surface area (Å²) < 4.78 is 36.9. The Morgan fingerprint density at radius 1 is 1.03 bits per heavy atom. The first-order valence-corrected chi connectivity index (χ1v) is 13.7. The molecule has 2 atom stereocenters. The van der Waals surface area contributed by atoms with Crippen molar-refractivity contribution in [1.29, 1.82) is 0 Å². The van der Waals surface area contributed by atoms with E-state index >= 15 is 0 Å². The molecule has 9 nitrogen and oxygen atoms in total. The lowest BCUT2D eigenvalue weighted by Crippen LogP contribution is -2.52. The number of nitrogens with one attached hydrogen (secondary N) is 1. The van der Waals surface area contributed by atoms with Crippen molar-refractivity contribution in [3.63, 3.8) is 0 Å². The van der Waals surface area contributed by atoms with E-state index in [2.05, 4.69) is 5.32 Å². The molecule has 0 aliphatic carbocycles. The third-order valence-electron chi connectivity index (χ3n) is 5.77. The van der Waals surface area contributed by atoms with E-state index in [0.29, 0.717) is 16.5 Å². The number of benzene rings is 2. The molecule has 11 heteroatoms. The monoisotopic (exact) mass is 539 g/mol. The number of rotatable bonds is 12. The maximum Gasteiger partial charge on any atom is 0.244 e. The van der Waals surface area contributed by atoms with Gasteiger partial charge in [0.05, 0.1) is 26.2 Å². The predicted molar refractivity (Wildman–Crippen MR) is 141 cm³/mol. The second-order valence-electron chi connectivity index (χ2n) is 8.45. The molecule has 0 radical (unpaired) electrons. The van der Waals surface area contributed by atoms with Gasteiger partial charge < -0.3 is 19.7 Å². The van der Waals surface area contributed by atoms with Crippen molar-refractivity contribution in [3.8, 4) is 11.5 Å². The highest BCUT2D eigenvalue weighted by Gasteiger charge is 2.30. The highest BCUT2D eigenvalue weighted by molar-refractivity contribution is 7.92. The Morgan fingerprint density at radius 3 is 2.17 bits per heavy atom. The van der Waals surface area contributed by atoms with E-state index in [9.17, 15) is 18.0 Å². The summed E-state index contributed by atoms with van der Waals surface area (Å²) in [6.07, 6.45) is 1.74. The normalized spacial score (nSPS) is 12.9. The van der Waals surface area contributed by atoms with Crippen LogP contribution in [-0.2, 0) is 26.2 Å². The molecule has 0 heterocycles. The Labute approximate surface area is 218 Å². The molecule has 0 aliphatic rings. The first-order valence-electron chi connectivity index (χ1n) is 11.4. The van der Waals surface area contributed by atoms with Gasteiger partial charge in [-0.05, 0) is 50.1 Å². The molecular formula is C25H34ClN3O6S. The van der Waals surface area contributed by atoms with Crippen LogP contribution < -0.4 is 19.1 Å². The highest BCUT2D eigenvalue weighted by Crippen LogP contribution is 2.32. The van der Waals surface area contributed by atoms with Gasteiger partial charge in [-0.2, -0.15) is 0 Å². The Kier molecular flexibility index (Phi) is 10.4. The molecule has 0 saturated carbocycles. The summed E-state index contributed by atoms with van der Waals surface area (Å²) in [5, 5.41) is 3.42. The van der Waals surface area contributed by atoms with Crippen LogP contribution in [0, 0.1) is 0 Å². The maximum absolute atomic E-state index is 13.6. The molecule has 2 aromatic carbocycles. The molecule has 2 rings (SSSR count). The van der Waals surface area contributed by atoms with Crippen LogP contribution in [0.25, 0.3) is 0 Å². The van der Waals surface area contributed by atoms with Gasteiger partial charge in [-0.25, -0.2) is 8.42 Å². The van der Waals surface area contributed by atoms with Crippen molar-refractivity contribution in [2.24, 2.45) is 0 Å². The fourth-order valence-electron chi connectivity index (χ4n) is 3.43. The van der Waals surface area contributed by atoms with Gasteiger partial charge in [0.1, 0.15) is 12.6 Å². The van der Waals surface area contributed by atoms with Crippen LogP contribution in [0.5, 0.6) is 11.5 Å². The zero-order chi connectivity index (χ0) is 27.0. The van der Waals surface area contributed by atoms with Gasteiger partial charge in [0.15, 0.2) is 11.5 Å². The maximum atomic E-state index is 13.6. The lowest BCUT2D eigenvalue weighted by atomic mass is 10.1. The molecule has 1 N–H and O–H groups in total. The summed E-state index contributed by atoms with van der Waals surface area (Å²) in [4.78, 5) is 27.9. The minimum Gasteiger partial charge on any atom is -0.493 e. The van der Waals surface area contributed by atoms with E-state index in [4.69, 9.17) is 21.1 Å². The molecular weight excluding hydrogens is 506 g/mol. The van der Waals surface area contributed by atoms with E-state index in [0.717, 1.165) is 22.5 Å². The van der Waals surface area contributed by atoms with Gasteiger partial charge in [-0.1, -0.05) is 30.7 Å². The number of hydrogen-bond acceptors (Lipinski definition) is 6. The van der Waals surface area contributed by atoms with Crippen LogP contribution in [0.15, 0.2) is 42.5 Å². The third-order valence-corrected chi connectivity index (χ3v) is 7.16. The molecule has 0 aromatic heterocycles. The third kappa shape index (κ3) is 7.76. The predicted octanol–water partition coefficient (Wildman–Crippen LogP) is 3.46. The topological polar surface area (TPSA) is 105 Å². The number of carbonyl (C=O) groups excluding carboxylic acids is 2. The zero-order valence-electron chi connectivity index (χ0n) is 21.4. The van der Waals surface area contributed by atoms with Gasteiger partial charge in [0, 0.05) is 23.7 Å². The molecule has 2 amide bonds. The van der Waals surface area contributed by atoms with Crippen molar-refractivity contribution in [2.75, 3.05) is 31.3 Å². The second kappa shape index (κ2) is 12.8. The number of anilines is 1. The van der Waals surface area contributed by atoms with Gasteiger partial charge >= 0.3 is 0 Å². The van der Waals surface area contributed by atoms with Crippen LogP contribution in [0.2, 0.25) is 5.02 Å². The Morgan fingerprint density at radius 2 is 1.64 bits per heavy atom. The second-order valence-corrected chi connectivity index (χ2v) is 10.8. The summed E-state index contributed by atoms with van der Waals surface area (Å²) in [5.74, 6) is -0.142. The Balaban J connectivity index is 2.43. The molecule has 0 unspecified atom stereocenters. The van der Waals surface area contributed by atoms with Crippen LogP contribution in [0.1, 0.15) is 32.8 Å². The van der Waals surface area contributed by atoms with Crippen LogP contribution in [0.3, 0.4) is 0 Å². The number of sulfonamides is 1.